The molecule has 1 aliphatic rings. The molecule has 1 N–H and O–H groups in total. The first-order chi connectivity index (χ1) is 9.18. The van der Waals surface area contributed by atoms with Gasteiger partial charge in [0.25, 0.3) is 10.2 Å². The first-order valence-corrected chi connectivity index (χ1v) is 9.02. The van der Waals surface area contributed by atoms with Crippen LogP contribution in [0.4, 0.5) is 0 Å². The number of rotatable bonds is 6. The van der Waals surface area contributed by atoms with E-state index < -0.39 is 10.2 Å². The van der Waals surface area contributed by atoms with Gasteiger partial charge in [-0.1, -0.05) is 34.1 Å². The van der Waals surface area contributed by atoms with Crippen molar-refractivity contribution in [3.8, 4) is 0 Å². The maximum Gasteiger partial charge on any atom is 0.282 e. The molecule has 0 saturated carbocycles. The van der Waals surface area contributed by atoms with E-state index in [1.165, 1.54) is 4.31 Å². The van der Waals surface area contributed by atoms with Crippen molar-refractivity contribution >= 4 is 10.2 Å². The first kappa shape index (κ1) is 17.9. The second-order valence-corrected chi connectivity index (χ2v) is 8.88. The average Bonchev–Trinajstić information content (AvgIpc) is 2.34. The zero-order chi connectivity index (χ0) is 15.4. The summed E-state index contributed by atoms with van der Waals surface area (Å²) in [6, 6.07) is 0.0936. The highest BCUT2D eigenvalue weighted by molar-refractivity contribution is 7.86. The Balaban J connectivity index is 2.81. The molecule has 1 fully saturated rings. The fourth-order valence-corrected chi connectivity index (χ4v) is 4.55. The maximum absolute atomic E-state index is 12.8. The quantitative estimate of drug-likeness (QED) is 0.812. The van der Waals surface area contributed by atoms with Gasteiger partial charge in [0.05, 0.1) is 0 Å². The molecule has 6 heteroatoms. The van der Waals surface area contributed by atoms with Crippen LogP contribution in [0.2, 0.25) is 0 Å². The molecule has 0 radical (unpaired) electrons. The number of hydrogen-bond acceptors (Lipinski definition) is 3. The third-order valence-corrected chi connectivity index (χ3v) is 5.58. The summed E-state index contributed by atoms with van der Waals surface area (Å²) in [6.45, 7) is 11.0. The van der Waals surface area contributed by atoms with Gasteiger partial charge >= 0.3 is 0 Å². The largest absolute Gasteiger partial charge is 0.315 e. The molecule has 1 saturated heterocycles. The summed E-state index contributed by atoms with van der Waals surface area (Å²) < 4.78 is 28.7. The second kappa shape index (κ2) is 7.20. The molecule has 5 nitrogen and oxygen atoms in total. The van der Waals surface area contributed by atoms with Crippen molar-refractivity contribution in [3.63, 3.8) is 0 Å². The second-order valence-electron chi connectivity index (χ2n) is 6.89. The van der Waals surface area contributed by atoms with E-state index in [-0.39, 0.29) is 11.5 Å². The van der Waals surface area contributed by atoms with Gasteiger partial charge in [-0.25, -0.2) is 0 Å². The standard InChI is InChI=1S/C14H31N3O2S/c1-6-15-11-13-9-7-8-10-17(13)20(18,19)16(5)12-14(2,3)4/h13,15H,6-12H2,1-5H3. The van der Waals surface area contributed by atoms with Crippen LogP contribution in [0.25, 0.3) is 0 Å². The Bertz CT molecular complexity index is 390. The molecular weight excluding hydrogens is 274 g/mol. The Morgan fingerprint density at radius 1 is 1.30 bits per heavy atom. The molecule has 1 atom stereocenters. The number of likely N-dealkylation sites (N-methyl/N-ethyl adjacent to an activating group) is 1. The van der Waals surface area contributed by atoms with Gasteiger partial charge in [-0.05, 0) is 24.8 Å². The van der Waals surface area contributed by atoms with Gasteiger partial charge in [-0.2, -0.15) is 17.0 Å². The molecule has 0 aromatic heterocycles. The lowest BCUT2D eigenvalue weighted by Crippen LogP contribution is -2.53. The van der Waals surface area contributed by atoms with Crippen LogP contribution in [0, 0.1) is 5.41 Å². The third-order valence-electron chi connectivity index (χ3n) is 3.59. The number of nitrogens with zero attached hydrogens (tertiary/aromatic N) is 2. The Kier molecular flexibility index (Phi) is 6.44. The summed E-state index contributed by atoms with van der Waals surface area (Å²) in [4.78, 5) is 0. The fraction of sp³-hybridized carbons (Fsp3) is 1.00. The lowest BCUT2D eigenvalue weighted by atomic mass is 9.97. The van der Waals surface area contributed by atoms with E-state index in [1.54, 1.807) is 11.4 Å². The summed E-state index contributed by atoms with van der Waals surface area (Å²) in [5.41, 5.74) is -0.0330. The van der Waals surface area contributed by atoms with E-state index in [0.717, 1.165) is 32.4 Å². The lowest BCUT2D eigenvalue weighted by Gasteiger charge is -2.38. The van der Waals surface area contributed by atoms with Gasteiger partial charge in [-0.3, -0.25) is 0 Å². The van der Waals surface area contributed by atoms with Crippen LogP contribution >= 0.6 is 0 Å². The van der Waals surface area contributed by atoms with Gasteiger partial charge in [0.2, 0.25) is 0 Å². The molecule has 0 amide bonds. The summed E-state index contributed by atoms with van der Waals surface area (Å²) >= 11 is 0. The zero-order valence-electron chi connectivity index (χ0n) is 13.6. The maximum atomic E-state index is 12.8. The smallest absolute Gasteiger partial charge is 0.282 e. The van der Waals surface area contributed by atoms with Crippen molar-refractivity contribution in [1.82, 2.24) is 13.9 Å². The minimum absolute atomic E-state index is 0.0330. The van der Waals surface area contributed by atoms with Gasteiger partial charge < -0.3 is 5.32 Å². The van der Waals surface area contributed by atoms with Crippen molar-refractivity contribution in [2.24, 2.45) is 5.41 Å². The Morgan fingerprint density at radius 3 is 2.50 bits per heavy atom. The van der Waals surface area contributed by atoms with Crippen molar-refractivity contribution < 1.29 is 8.42 Å². The van der Waals surface area contributed by atoms with Crippen LogP contribution in [0.5, 0.6) is 0 Å². The molecule has 0 aliphatic carbocycles. The van der Waals surface area contributed by atoms with Crippen LogP contribution in [0.1, 0.15) is 47.0 Å². The highest BCUT2D eigenvalue weighted by Crippen LogP contribution is 2.24. The summed E-state index contributed by atoms with van der Waals surface area (Å²) in [6.07, 6.45) is 3.03. The molecule has 0 aromatic carbocycles. The van der Waals surface area contributed by atoms with E-state index in [1.807, 2.05) is 6.92 Å². The topological polar surface area (TPSA) is 52.7 Å². The van der Waals surface area contributed by atoms with Gasteiger partial charge in [0, 0.05) is 32.7 Å². The molecule has 20 heavy (non-hydrogen) atoms. The summed E-state index contributed by atoms with van der Waals surface area (Å²) in [7, 11) is -1.65. The van der Waals surface area contributed by atoms with Gasteiger partial charge in [0.1, 0.15) is 0 Å². The Morgan fingerprint density at radius 2 is 1.95 bits per heavy atom. The first-order valence-electron chi connectivity index (χ1n) is 7.62. The Hall–Kier alpha value is -0.170. The predicted molar refractivity (Wildman–Crippen MR) is 83.9 cm³/mol. The molecule has 1 heterocycles. The number of piperidine rings is 1. The molecule has 1 aliphatic heterocycles. The SMILES string of the molecule is CCNCC1CCCCN1S(=O)(=O)N(C)CC(C)(C)C. The third kappa shape index (κ3) is 4.98. The van der Waals surface area contributed by atoms with Gasteiger partial charge in [-0.15, -0.1) is 0 Å². The summed E-state index contributed by atoms with van der Waals surface area (Å²) in [5, 5.41) is 3.28. The van der Waals surface area contributed by atoms with Crippen LogP contribution < -0.4 is 5.32 Å². The Labute approximate surface area is 124 Å². The van der Waals surface area contributed by atoms with Gasteiger partial charge in [0.15, 0.2) is 0 Å². The van der Waals surface area contributed by atoms with Crippen molar-refractivity contribution in [2.75, 3.05) is 33.2 Å². The molecule has 0 aromatic rings. The highest BCUT2D eigenvalue weighted by atomic mass is 32.2. The van der Waals surface area contributed by atoms with Crippen LogP contribution in [0.15, 0.2) is 0 Å². The number of nitrogens with one attached hydrogen (secondary N) is 1. The molecular formula is C14H31N3O2S. The molecule has 1 unspecified atom stereocenters. The normalized spacial score (nSPS) is 22.4. The molecule has 0 bridgehead atoms. The van der Waals surface area contributed by atoms with Crippen molar-refractivity contribution in [3.05, 3.63) is 0 Å². The van der Waals surface area contributed by atoms with E-state index in [0.29, 0.717) is 13.1 Å². The van der Waals surface area contributed by atoms with E-state index >= 15 is 0 Å². The minimum Gasteiger partial charge on any atom is -0.315 e. The molecule has 1 rings (SSSR count). The molecule has 0 spiro atoms. The summed E-state index contributed by atoms with van der Waals surface area (Å²) in [5.74, 6) is 0. The lowest BCUT2D eigenvalue weighted by molar-refractivity contribution is 0.219. The predicted octanol–water partition coefficient (Wildman–Crippen LogP) is 1.67. The van der Waals surface area contributed by atoms with Crippen LogP contribution in [-0.4, -0.2) is 56.3 Å². The van der Waals surface area contributed by atoms with Crippen LogP contribution in [-0.2, 0) is 10.2 Å². The molecule has 120 valence electrons. The van der Waals surface area contributed by atoms with E-state index in [4.69, 9.17) is 0 Å². The monoisotopic (exact) mass is 305 g/mol. The van der Waals surface area contributed by atoms with Crippen molar-refractivity contribution in [2.45, 2.75) is 53.0 Å². The number of hydrogen-bond donors (Lipinski definition) is 1. The fourth-order valence-electron chi connectivity index (χ4n) is 2.72. The van der Waals surface area contributed by atoms with E-state index in [9.17, 15) is 8.42 Å². The van der Waals surface area contributed by atoms with Crippen molar-refractivity contribution in [1.29, 1.82) is 0 Å². The van der Waals surface area contributed by atoms with E-state index in [2.05, 4.69) is 26.1 Å². The van der Waals surface area contributed by atoms with Crippen LogP contribution in [0.3, 0.4) is 0 Å². The average molecular weight is 305 g/mol. The minimum atomic E-state index is -3.35. The zero-order valence-corrected chi connectivity index (χ0v) is 14.5. The highest BCUT2D eigenvalue weighted by Gasteiger charge is 2.35.